The molecule has 3 aromatic carbocycles. The average Bonchev–Trinajstić information content (AvgIpc) is 3.06. The third kappa shape index (κ3) is 3.84. The van der Waals surface area contributed by atoms with Crippen molar-refractivity contribution in [1.29, 1.82) is 0 Å². The van der Waals surface area contributed by atoms with E-state index >= 15 is 0 Å². The van der Waals surface area contributed by atoms with E-state index in [4.69, 9.17) is 10.1 Å². The molecule has 0 saturated heterocycles. The molecule has 0 atom stereocenters. The van der Waals surface area contributed by atoms with E-state index < -0.39 is 0 Å². The molecule has 0 aliphatic rings. The summed E-state index contributed by atoms with van der Waals surface area (Å²) in [5.41, 5.74) is 7.85. The summed E-state index contributed by atoms with van der Waals surface area (Å²) in [6, 6.07) is 23.9. The van der Waals surface area contributed by atoms with Crippen molar-refractivity contribution in [1.82, 2.24) is 14.8 Å². The molecule has 1 radical (unpaired) electrons. The van der Waals surface area contributed by atoms with E-state index in [2.05, 4.69) is 64.1 Å². The van der Waals surface area contributed by atoms with Crippen LogP contribution in [0, 0.1) is 33.8 Å². The zero-order valence-electron chi connectivity index (χ0n) is 16.4. The van der Waals surface area contributed by atoms with Crippen LogP contribution in [0.3, 0.4) is 0 Å². The normalized spacial score (nSPS) is 10.6. The van der Waals surface area contributed by atoms with Crippen LogP contribution >= 0.6 is 0 Å². The van der Waals surface area contributed by atoms with Gasteiger partial charge in [0.2, 0.25) is 0 Å². The molecule has 4 rings (SSSR count). The molecule has 1 aromatic heterocycles. The van der Waals surface area contributed by atoms with Crippen LogP contribution in [0.4, 0.5) is 0 Å². The van der Waals surface area contributed by atoms with Gasteiger partial charge in [-0.25, -0.2) is 0 Å². The summed E-state index contributed by atoms with van der Waals surface area (Å²) in [6.07, 6.45) is 0. The smallest absolute Gasteiger partial charge is 0.171 e. The summed E-state index contributed by atoms with van der Waals surface area (Å²) >= 11 is 0. The minimum Gasteiger partial charge on any atom is -0.257 e. The minimum atomic E-state index is 0. The first-order chi connectivity index (χ1) is 13.0. The Kier molecular flexibility index (Phi) is 5.93. The number of benzene rings is 3. The molecule has 0 aliphatic heterocycles. The molecule has 0 spiro atoms. The molecule has 0 unspecified atom stereocenters. The first kappa shape index (κ1) is 20.2. The van der Waals surface area contributed by atoms with Gasteiger partial charge in [-0.2, -0.15) is 5.10 Å². The first-order valence-electron chi connectivity index (χ1n) is 9.12. The molecule has 0 saturated carbocycles. The van der Waals surface area contributed by atoms with Crippen LogP contribution in [0.5, 0.6) is 0 Å². The van der Waals surface area contributed by atoms with E-state index in [0.717, 1.165) is 28.5 Å². The van der Waals surface area contributed by atoms with Gasteiger partial charge in [0.05, 0.1) is 11.5 Å². The van der Waals surface area contributed by atoms with Crippen molar-refractivity contribution in [2.75, 3.05) is 0 Å². The summed E-state index contributed by atoms with van der Waals surface area (Å²) < 4.78 is 1.97. The molecule has 0 fully saturated rings. The number of aromatic nitrogens is 3. The zero-order valence-corrected chi connectivity index (χ0v) is 18.8. The minimum absolute atomic E-state index is 0. The van der Waals surface area contributed by atoms with Crippen molar-refractivity contribution in [3.63, 3.8) is 0 Å². The van der Waals surface area contributed by atoms with Gasteiger partial charge in [0.25, 0.3) is 0 Å². The average molecular weight is 545 g/mol. The quantitative estimate of drug-likeness (QED) is 0.313. The second-order valence-corrected chi connectivity index (χ2v) is 7.06. The predicted molar refractivity (Wildman–Crippen MR) is 110 cm³/mol. The summed E-state index contributed by atoms with van der Waals surface area (Å²) in [6.45, 7) is 8.46. The molecule has 1 heterocycles. The van der Waals surface area contributed by atoms with Gasteiger partial charge >= 0.3 is 0 Å². The van der Waals surface area contributed by atoms with Crippen molar-refractivity contribution in [3.05, 3.63) is 89.0 Å². The van der Waals surface area contributed by atoms with Crippen LogP contribution in [0.25, 0.3) is 28.5 Å². The van der Waals surface area contributed by atoms with E-state index in [1.807, 2.05) is 35.0 Å². The maximum absolute atomic E-state index is 4.91. The van der Waals surface area contributed by atoms with Crippen molar-refractivity contribution in [3.8, 4) is 28.5 Å². The molecule has 4 aromatic rings. The molecular formula is C24H22IrN3-. The van der Waals surface area contributed by atoms with Crippen LogP contribution in [0.1, 0.15) is 22.3 Å². The number of nitrogens with zero attached hydrogens (tertiary/aromatic N) is 3. The summed E-state index contributed by atoms with van der Waals surface area (Å²) in [7, 11) is 0. The molecule has 0 N–H and O–H groups in total. The second-order valence-electron chi connectivity index (χ2n) is 7.06. The standard InChI is InChI=1S/C24H22N3.Ir/c1-16-9-8-12-21(15-16)23-25-24(20-10-6-5-7-11-20)27(26-23)22-18(3)13-17(2)14-19(22)4;/h5-10,12-15H,1-4H3;/q-1;. The van der Waals surface area contributed by atoms with Crippen LogP contribution in [0.2, 0.25) is 0 Å². The first-order valence-corrected chi connectivity index (χ1v) is 9.12. The molecular weight excluding hydrogens is 523 g/mol. The Labute approximate surface area is 179 Å². The predicted octanol–water partition coefficient (Wildman–Crippen LogP) is 5.63. The van der Waals surface area contributed by atoms with Gasteiger partial charge in [-0.05, 0) is 44.9 Å². The maximum atomic E-state index is 4.91. The fourth-order valence-electron chi connectivity index (χ4n) is 3.59. The molecule has 0 amide bonds. The van der Waals surface area contributed by atoms with Gasteiger partial charge in [0, 0.05) is 25.7 Å². The third-order valence-corrected chi connectivity index (χ3v) is 4.68. The number of hydrogen-bond acceptors (Lipinski definition) is 2. The van der Waals surface area contributed by atoms with Crippen molar-refractivity contribution < 1.29 is 20.1 Å². The number of rotatable bonds is 3. The molecule has 143 valence electrons. The Morgan fingerprint density at radius 3 is 2.21 bits per heavy atom. The summed E-state index contributed by atoms with van der Waals surface area (Å²) in [5, 5.41) is 4.91. The van der Waals surface area contributed by atoms with Gasteiger partial charge in [-0.3, -0.25) is 9.67 Å². The van der Waals surface area contributed by atoms with Crippen LogP contribution in [-0.4, -0.2) is 14.8 Å². The van der Waals surface area contributed by atoms with E-state index in [0.29, 0.717) is 0 Å². The van der Waals surface area contributed by atoms with Crippen molar-refractivity contribution in [2.24, 2.45) is 0 Å². The number of hydrogen-bond donors (Lipinski definition) is 0. The zero-order chi connectivity index (χ0) is 19.0. The molecule has 0 bridgehead atoms. The van der Waals surface area contributed by atoms with Gasteiger partial charge < -0.3 is 0 Å². The Morgan fingerprint density at radius 1 is 0.821 bits per heavy atom. The summed E-state index contributed by atoms with van der Waals surface area (Å²) in [4.78, 5) is 4.89. The van der Waals surface area contributed by atoms with Crippen molar-refractivity contribution in [2.45, 2.75) is 27.7 Å². The Hall–Kier alpha value is -2.55. The van der Waals surface area contributed by atoms with E-state index in [1.165, 1.54) is 22.3 Å². The maximum Gasteiger partial charge on any atom is 0.171 e. The third-order valence-electron chi connectivity index (χ3n) is 4.68. The van der Waals surface area contributed by atoms with Crippen LogP contribution in [-0.2, 0) is 20.1 Å². The fourth-order valence-corrected chi connectivity index (χ4v) is 3.59. The number of aryl methyl sites for hydroxylation is 4. The fraction of sp³-hybridized carbons (Fsp3) is 0.167. The summed E-state index contributed by atoms with van der Waals surface area (Å²) in [5.74, 6) is 1.53. The van der Waals surface area contributed by atoms with Crippen LogP contribution < -0.4 is 0 Å². The molecule has 28 heavy (non-hydrogen) atoms. The van der Waals surface area contributed by atoms with Gasteiger partial charge in [-0.1, -0.05) is 41.5 Å². The largest absolute Gasteiger partial charge is 0.257 e. The van der Waals surface area contributed by atoms with Gasteiger partial charge in [0.1, 0.15) is 0 Å². The molecule has 4 heteroatoms. The monoisotopic (exact) mass is 545 g/mol. The van der Waals surface area contributed by atoms with E-state index in [9.17, 15) is 0 Å². The van der Waals surface area contributed by atoms with Crippen molar-refractivity contribution >= 4 is 0 Å². The topological polar surface area (TPSA) is 30.7 Å². The Balaban J connectivity index is 0.00000225. The Bertz CT molecular complexity index is 1090. The van der Waals surface area contributed by atoms with Gasteiger partial charge in [0.15, 0.2) is 5.82 Å². The SMILES string of the molecule is Cc1cccc(-c2nc(-c3[c-]cccc3)n(-c3c(C)cc(C)cc3C)n2)c1.[Ir]. The van der Waals surface area contributed by atoms with E-state index in [-0.39, 0.29) is 20.1 Å². The van der Waals surface area contributed by atoms with E-state index in [1.54, 1.807) is 0 Å². The Morgan fingerprint density at radius 2 is 1.57 bits per heavy atom. The molecule has 3 nitrogen and oxygen atoms in total. The molecule has 0 aliphatic carbocycles. The van der Waals surface area contributed by atoms with Gasteiger partial charge in [-0.15, -0.1) is 35.9 Å². The second kappa shape index (κ2) is 8.22. The van der Waals surface area contributed by atoms with Crippen LogP contribution in [0.15, 0.2) is 60.7 Å².